The SMILES string of the molecule is O=C(CCCCCCCC(O)C(O)CCCCCCCCO)OC(CO)CO. The number of aliphatic hydroxyl groups excluding tert-OH is 5. The first-order chi connectivity index (χ1) is 13.5. The molecule has 0 aliphatic rings. The maximum atomic E-state index is 11.5. The maximum Gasteiger partial charge on any atom is 0.306 e. The van der Waals surface area contributed by atoms with Crippen LogP contribution in [-0.4, -0.2) is 69.6 Å². The van der Waals surface area contributed by atoms with Crippen LogP contribution in [0.2, 0.25) is 0 Å². The molecule has 0 bridgehead atoms. The summed E-state index contributed by atoms with van der Waals surface area (Å²) in [5, 5.41) is 46.4. The lowest BCUT2D eigenvalue weighted by molar-refractivity contribution is -0.153. The largest absolute Gasteiger partial charge is 0.457 e. The van der Waals surface area contributed by atoms with Gasteiger partial charge in [-0.2, -0.15) is 0 Å². The average Bonchev–Trinajstić information content (AvgIpc) is 2.70. The number of rotatable bonds is 20. The number of esters is 1. The van der Waals surface area contributed by atoms with Gasteiger partial charge in [-0.1, -0.05) is 57.8 Å². The van der Waals surface area contributed by atoms with E-state index in [4.69, 9.17) is 20.1 Å². The van der Waals surface area contributed by atoms with Crippen LogP contribution in [0.15, 0.2) is 0 Å². The summed E-state index contributed by atoms with van der Waals surface area (Å²) in [4.78, 5) is 11.5. The highest BCUT2D eigenvalue weighted by Gasteiger charge is 2.15. The molecule has 0 aromatic rings. The van der Waals surface area contributed by atoms with Crippen molar-refractivity contribution >= 4 is 5.97 Å². The van der Waals surface area contributed by atoms with Crippen molar-refractivity contribution in [2.75, 3.05) is 19.8 Å². The van der Waals surface area contributed by atoms with Gasteiger partial charge in [-0.25, -0.2) is 0 Å². The predicted octanol–water partition coefficient (Wildman–Crippen LogP) is 2.06. The number of unbranched alkanes of at least 4 members (excludes halogenated alkanes) is 9. The molecule has 0 heterocycles. The lowest BCUT2D eigenvalue weighted by Crippen LogP contribution is -2.25. The van der Waals surface area contributed by atoms with Gasteiger partial charge in [-0.3, -0.25) is 4.79 Å². The highest BCUT2D eigenvalue weighted by molar-refractivity contribution is 5.69. The van der Waals surface area contributed by atoms with Gasteiger partial charge in [-0.15, -0.1) is 0 Å². The summed E-state index contributed by atoms with van der Waals surface area (Å²) in [7, 11) is 0. The zero-order valence-corrected chi connectivity index (χ0v) is 17.3. The van der Waals surface area contributed by atoms with Gasteiger partial charge in [0.15, 0.2) is 0 Å². The van der Waals surface area contributed by atoms with Crippen molar-refractivity contribution in [3.05, 3.63) is 0 Å². The first-order valence-electron chi connectivity index (χ1n) is 10.9. The molecule has 0 aromatic heterocycles. The minimum atomic E-state index is -0.827. The Morgan fingerprint density at radius 3 is 1.54 bits per heavy atom. The molecule has 7 heteroatoms. The predicted molar refractivity (Wildman–Crippen MR) is 108 cm³/mol. The molecule has 28 heavy (non-hydrogen) atoms. The molecule has 2 atom stereocenters. The van der Waals surface area contributed by atoms with E-state index in [1.165, 1.54) is 0 Å². The molecule has 0 saturated heterocycles. The lowest BCUT2D eigenvalue weighted by atomic mass is 9.99. The van der Waals surface area contributed by atoms with Crippen molar-refractivity contribution in [2.45, 2.75) is 108 Å². The molecule has 0 aliphatic heterocycles. The molecule has 5 N–H and O–H groups in total. The van der Waals surface area contributed by atoms with E-state index < -0.39 is 24.3 Å². The molecule has 2 unspecified atom stereocenters. The van der Waals surface area contributed by atoms with Gasteiger partial charge in [-0.05, 0) is 25.7 Å². The minimum Gasteiger partial charge on any atom is -0.457 e. The molecule has 0 fully saturated rings. The normalized spacial score (nSPS) is 13.6. The lowest BCUT2D eigenvalue weighted by Gasteiger charge is -2.17. The van der Waals surface area contributed by atoms with Gasteiger partial charge in [0, 0.05) is 13.0 Å². The second kappa shape index (κ2) is 19.6. The number of ether oxygens (including phenoxy) is 1. The highest BCUT2D eigenvalue weighted by Crippen LogP contribution is 2.15. The van der Waals surface area contributed by atoms with Crippen LogP contribution in [0.5, 0.6) is 0 Å². The van der Waals surface area contributed by atoms with Crippen molar-refractivity contribution in [3.8, 4) is 0 Å². The molecule has 0 radical (unpaired) electrons. The van der Waals surface area contributed by atoms with Gasteiger partial charge < -0.3 is 30.3 Å². The summed E-state index contributed by atoms with van der Waals surface area (Å²) in [6.45, 7) is -0.491. The van der Waals surface area contributed by atoms with Crippen molar-refractivity contribution in [1.29, 1.82) is 0 Å². The van der Waals surface area contributed by atoms with E-state index in [2.05, 4.69) is 0 Å². The zero-order valence-electron chi connectivity index (χ0n) is 17.3. The van der Waals surface area contributed by atoms with Crippen LogP contribution < -0.4 is 0 Å². The Morgan fingerprint density at radius 1 is 0.643 bits per heavy atom. The summed E-state index contributed by atoms with van der Waals surface area (Å²) >= 11 is 0. The number of hydrogen-bond donors (Lipinski definition) is 5. The molecule has 168 valence electrons. The molecular weight excluding hydrogens is 364 g/mol. The Morgan fingerprint density at radius 2 is 1.07 bits per heavy atom. The standard InChI is InChI=1S/C21H42O7/c22-15-11-7-2-1-4-8-12-19(25)20(26)13-9-5-3-6-10-14-21(27)28-18(16-23)17-24/h18-20,22-26H,1-17H2. The molecule has 0 aliphatic carbocycles. The Balaban J connectivity index is 3.50. The van der Waals surface area contributed by atoms with Crippen LogP contribution in [0.1, 0.15) is 89.9 Å². The summed E-state index contributed by atoms with van der Waals surface area (Å²) in [6.07, 6.45) is 9.77. The highest BCUT2D eigenvalue weighted by atomic mass is 16.6. The van der Waals surface area contributed by atoms with E-state index in [-0.39, 0.29) is 26.2 Å². The number of carbonyl (C=O) groups excluding carboxylic acids is 1. The van der Waals surface area contributed by atoms with Crippen LogP contribution >= 0.6 is 0 Å². The van der Waals surface area contributed by atoms with Crippen molar-refractivity contribution in [2.24, 2.45) is 0 Å². The summed E-state index contributed by atoms with van der Waals surface area (Å²) in [5.74, 6) is -0.403. The second-order valence-corrected chi connectivity index (χ2v) is 7.55. The Hall–Kier alpha value is -0.730. The van der Waals surface area contributed by atoms with Gasteiger partial charge >= 0.3 is 5.97 Å². The molecule has 0 saturated carbocycles. The van der Waals surface area contributed by atoms with Crippen LogP contribution in [0.3, 0.4) is 0 Å². The molecule has 0 spiro atoms. The quantitative estimate of drug-likeness (QED) is 0.155. The van der Waals surface area contributed by atoms with E-state index in [0.717, 1.165) is 64.2 Å². The summed E-state index contributed by atoms with van der Waals surface area (Å²) < 4.78 is 4.89. The monoisotopic (exact) mass is 406 g/mol. The fraction of sp³-hybridized carbons (Fsp3) is 0.952. The van der Waals surface area contributed by atoms with Crippen LogP contribution in [0.25, 0.3) is 0 Å². The van der Waals surface area contributed by atoms with Crippen LogP contribution in [0.4, 0.5) is 0 Å². The number of carbonyl (C=O) groups is 1. The van der Waals surface area contributed by atoms with Crippen LogP contribution in [-0.2, 0) is 9.53 Å². The van der Waals surface area contributed by atoms with Crippen LogP contribution in [0, 0.1) is 0 Å². The zero-order chi connectivity index (χ0) is 21.0. The van der Waals surface area contributed by atoms with Crippen molar-refractivity contribution < 1.29 is 35.1 Å². The fourth-order valence-corrected chi connectivity index (χ4v) is 3.09. The number of hydrogen-bond acceptors (Lipinski definition) is 7. The maximum absolute atomic E-state index is 11.5. The Bertz CT molecular complexity index is 348. The molecular formula is C21H42O7. The summed E-state index contributed by atoms with van der Waals surface area (Å²) in [6, 6.07) is 0. The molecule has 0 rings (SSSR count). The molecule has 0 aromatic carbocycles. The minimum absolute atomic E-state index is 0.257. The smallest absolute Gasteiger partial charge is 0.306 e. The number of aliphatic hydroxyl groups is 5. The van der Waals surface area contributed by atoms with E-state index in [9.17, 15) is 15.0 Å². The van der Waals surface area contributed by atoms with E-state index in [1.54, 1.807) is 0 Å². The topological polar surface area (TPSA) is 127 Å². The molecule has 7 nitrogen and oxygen atoms in total. The Kier molecular flexibility index (Phi) is 19.1. The fourth-order valence-electron chi connectivity index (χ4n) is 3.09. The first-order valence-corrected chi connectivity index (χ1v) is 10.9. The van der Waals surface area contributed by atoms with Gasteiger partial charge in [0.1, 0.15) is 6.10 Å². The van der Waals surface area contributed by atoms with Gasteiger partial charge in [0.05, 0.1) is 25.4 Å². The second-order valence-electron chi connectivity index (χ2n) is 7.55. The Labute approximate surface area is 169 Å². The van der Waals surface area contributed by atoms with Gasteiger partial charge in [0.2, 0.25) is 0 Å². The van der Waals surface area contributed by atoms with E-state index in [1.807, 2.05) is 0 Å². The first kappa shape index (κ1) is 27.3. The third-order valence-electron chi connectivity index (χ3n) is 4.94. The van der Waals surface area contributed by atoms with Gasteiger partial charge in [0.25, 0.3) is 0 Å². The summed E-state index contributed by atoms with van der Waals surface area (Å²) in [5.41, 5.74) is 0. The molecule has 0 amide bonds. The third kappa shape index (κ3) is 16.2. The van der Waals surface area contributed by atoms with Crippen molar-refractivity contribution in [1.82, 2.24) is 0 Å². The third-order valence-corrected chi connectivity index (χ3v) is 4.94. The van der Waals surface area contributed by atoms with Crippen molar-refractivity contribution in [3.63, 3.8) is 0 Å². The van der Waals surface area contributed by atoms with E-state index in [0.29, 0.717) is 19.3 Å². The average molecular weight is 407 g/mol. The van der Waals surface area contributed by atoms with E-state index >= 15 is 0 Å².